The fourth-order valence-corrected chi connectivity index (χ4v) is 3.26. The number of benzene rings is 1. The van der Waals surface area contributed by atoms with Gasteiger partial charge in [-0.1, -0.05) is 24.6 Å². The van der Waals surface area contributed by atoms with Crippen LogP contribution in [0, 0.1) is 6.92 Å². The zero-order chi connectivity index (χ0) is 15.7. The maximum absolute atomic E-state index is 12.7. The van der Waals surface area contributed by atoms with E-state index in [-0.39, 0.29) is 17.9 Å². The maximum Gasteiger partial charge on any atom is 0.251 e. The van der Waals surface area contributed by atoms with Crippen LogP contribution < -0.4 is 4.90 Å². The Kier molecular flexibility index (Phi) is 4.27. The Morgan fingerprint density at radius 1 is 1.05 bits per heavy atom. The van der Waals surface area contributed by atoms with Gasteiger partial charge in [-0.2, -0.15) is 0 Å². The third kappa shape index (κ3) is 2.78. The molecule has 5 heteroatoms. The van der Waals surface area contributed by atoms with Gasteiger partial charge in [0, 0.05) is 26.2 Å². The van der Waals surface area contributed by atoms with Gasteiger partial charge < -0.3 is 4.90 Å². The van der Waals surface area contributed by atoms with Crippen LogP contribution in [-0.4, -0.2) is 60.4 Å². The second-order valence-corrected chi connectivity index (χ2v) is 6.09. The van der Waals surface area contributed by atoms with Crippen molar-refractivity contribution in [3.63, 3.8) is 0 Å². The fourth-order valence-electron chi connectivity index (χ4n) is 3.26. The molecule has 2 aliphatic heterocycles. The third-order valence-electron chi connectivity index (χ3n) is 4.71. The van der Waals surface area contributed by atoms with Gasteiger partial charge in [0.1, 0.15) is 0 Å². The summed E-state index contributed by atoms with van der Waals surface area (Å²) < 4.78 is 0. The summed E-state index contributed by atoms with van der Waals surface area (Å²) in [6, 6.07) is 7.28. The second kappa shape index (κ2) is 6.18. The van der Waals surface area contributed by atoms with Crippen LogP contribution in [0.15, 0.2) is 24.3 Å². The van der Waals surface area contributed by atoms with Gasteiger partial charge in [-0.15, -0.1) is 0 Å². The van der Waals surface area contributed by atoms with E-state index in [4.69, 9.17) is 0 Å². The zero-order valence-electron chi connectivity index (χ0n) is 13.3. The summed E-state index contributed by atoms with van der Waals surface area (Å²) in [7, 11) is 0. The minimum Gasteiger partial charge on any atom is -0.301 e. The largest absolute Gasteiger partial charge is 0.301 e. The minimum atomic E-state index is -0.284. The zero-order valence-corrected chi connectivity index (χ0v) is 13.3. The van der Waals surface area contributed by atoms with Crippen molar-refractivity contribution < 1.29 is 9.59 Å². The lowest BCUT2D eigenvalue weighted by Crippen LogP contribution is -2.52. The molecule has 118 valence electrons. The van der Waals surface area contributed by atoms with E-state index >= 15 is 0 Å². The molecule has 0 aliphatic carbocycles. The summed E-state index contributed by atoms with van der Waals surface area (Å²) in [5, 5.41) is 0. The second-order valence-electron chi connectivity index (χ2n) is 6.09. The lowest BCUT2D eigenvalue weighted by Gasteiger charge is -2.36. The number of hydrogen-bond donors (Lipinski definition) is 0. The van der Waals surface area contributed by atoms with Crippen molar-refractivity contribution in [2.24, 2.45) is 0 Å². The molecule has 1 atom stereocenters. The van der Waals surface area contributed by atoms with E-state index in [2.05, 4.69) is 16.7 Å². The summed E-state index contributed by atoms with van der Waals surface area (Å²) in [6.45, 7) is 8.85. The first kappa shape index (κ1) is 15.2. The van der Waals surface area contributed by atoms with Gasteiger partial charge in [0.05, 0.1) is 18.2 Å². The SMILES string of the molecule is CCN1CCN([C@H]2CC(=O)N(c3ccc(C)cc3)C2=O)CC1. The lowest BCUT2D eigenvalue weighted by atomic mass is 10.1. The molecular weight excluding hydrogens is 278 g/mol. The summed E-state index contributed by atoms with van der Waals surface area (Å²) in [4.78, 5) is 30.9. The summed E-state index contributed by atoms with van der Waals surface area (Å²) in [6.07, 6.45) is 0.304. The highest BCUT2D eigenvalue weighted by atomic mass is 16.2. The molecule has 0 N–H and O–H groups in total. The molecule has 0 radical (unpaired) electrons. The van der Waals surface area contributed by atoms with Gasteiger partial charge in [-0.05, 0) is 25.6 Å². The van der Waals surface area contributed by atoms with E-state index in [1.54, 1.807) is 0 Å². The van der Waals surface area contributed by atoms with Crippen molar-refractivity contribution in [2.45, 2.75) is 26.3 Å². The Morgan fingerprint density at radius 2 is 1.68 bits per heavy atom. The average molecular weight is 301 g/mol. The number of nitrogens with zero attached hydrogens (tertiary/aromatic N) is 3. The van der Waals surface area contributed by atoms with Gasteiger partial charge in [0.15, 0.2) is 0 Å². The van der Waals surface area contributed by atoms with Crippen LogP contribution in [0.25, 0.3) is 0 Å². The molecular formula is C17H23N3O2. The van der Waals surface area contributed by atoms with Crippen LogP contribution in [0.3, 0.4) is 0 Å². The van der Waals surface area contributed by atoms with Gasteiger partial charge in [-0.3, -0.25) is 14.5 Å². The quantitative estimate of drug-likeness (QED) is 0.789. The standard InChI is InChI=1S/C17H23N3O2/c1-3-18-8-10-19(11-9-18)15-12-16(21)20(17(15)22)14-6-4-13(2)5-7-14/h4-7,15H,3,8-12H2,1-2H3/t15-/m0/s1. The van der Waals surface area contributed by atoms with Crippen molar-refractivity contribution >= 4 is 17.5 Å². The molecule has 2 heterocycles. The number of carbonyl (C=O) groups excluding carboxylic acids is 2. The highest BCUT2D eigenvalue weighted by molar-refractivity contribution is 6.22. The fraction of sp³-hybridized carbons (Fsp3) is 0.529. The van der Waals surface area contributed by atoms with Crippen molar-refractivity contribution in [2.75, 3.05) is 37.6 Å². The Balaban J connectivity index is 1.73. The van der Waals surface area contributed by atoms with Gasteiger partial charge in [0.25, 0.3) is 5.91 Å². The molecule has 0 spiro atoms. The molecule has 22 heavy (non-hydrogen) atoms. The number of rotatable bonds is 3. The van der Waals surface area contributed by atoms with Crippen molar-refractivity contribution in [1.29, 1.82) is 0 Å². The lowest BCUT2D eigenvalue weighted by molar-refractivity contribution is -0.123. The third-order valence-corrected chi connectivity index (χ3v) is 4.71. The van der Waals surface area contributed by atoms with E-state index < -0.39 is 0 Å². The highest BCUT2D eigenvalue weighted by Crippen LogP contribution is 2.26. The number of likely N-dealkylation sites (N-methyl/N-ethyl adjacent to an activating group) is 1. The molecule has 0 aromatic heterocycles. The Bertz CT molecular complexity index is 562. The highest BCUT2D eigenvalue weighted by Gasteiger charge is 2.43. The normalized spacial score (nSPS) is 24.3. The van der Waals surface area contributed by atoms with Crippen LogP contribution in [0.5, 0.6) is 0 Å². The molecule has 2 saturated heterocycles. The molecule has 2 fully saturated rings. The van der Waals surface area contributed by atoms with Gasteiger partial charge in [0.2, 0.25) is 5.91 Å². The molecule has 1 aromatic carbocycles. The van der Waals surface area contributed by atoms with Crippen LogP contribution in [-0.2, 0) is 9.59 Å². The number of piperazine rings is 1. The first-order valence-electron chi connectivity index (χ1n) is 8.00. The van der Waals surface area contributed by atoms with Crippen LogP contribution in [0.4, 0.5) is 5.69 Å². The molecule has 5 nitrogen and oxygen atoms in total. The summed E-state index contributed by atoms with van der Waals surface area (Å²) in [5.41, 5.74) is 1.81. The van der Waals surface area contributed by atoms with E-state index in [1.165, 1.54) is 4.90 Å². The molecule has 3 rings (SSSR count). The van der Waals surface area contributed by atoms with Gasteiger partial charge >= 0.3 is 0 Å². The summed E-state index contributed by atoms with van der Waals surface area (Å²) in [5.74, 6) is -0.157. The molecule has 1 aromatic rings. The molecule has 2 aliphatic rings. The predicted molar refractivity (Wildman–Crippen MR) is 85.8 cm³/mol. The van der Waals surface area contributed by atoms with E-state index in [0.29, 0.717) is 12.1 Å². The number of carbonyl (C=O) groups is 2. The minimum absolute atomic E-state index is 0.0706. The van der Waals surface area contributed by atoms with E-state index in [9.17, 15) is 9.59 Å². The number of amides is 2. The monoisotopic (exact) mass is 301 g/mol. The van der Waals surface area contributed by atoms with Crippen molar-refractivity contribution in [3.8, 4) is 0 Å². The number of anilines is 1. The molecule has 0 bridgehead atoms. The maximum atomic E-state index is 12.7. The van der Waals surface area contributed by atoms with Crippen LogP contribution >= 0.6 is 0 Å². The smallest absolute Gasteiger partial charge is 0.251 e. The number of hydrogen-bond acceptors (Lipinski definition) is 4. The summed E-state index contributed by atoms with van der Waals surface area (Å²) >= 11 is 0. The van der Waals surface area contributed by atoms with Gasteiger partial charge in [-0.25, -0.2) is 4.90 Å². The predicted octanol–water partition coefficient (Wildman–Crippen LogP) is 1.26. The number of imide groups is 1. The first-order valence-corrected chi connectivity index (χ1v) is 8.00. The topological polar surface area (TPSA) is 43.9 Å². The van der Waals surface area contributed by atoms with E-state index in [0.717, 1.165) is 38.3 Å². The Labute approximate surface area is 131 Å². The Hall–Kier alpha value is -1.72. The Morgan fingerprint density at radius 3 is 2.27 bits per heavy atom. The number of aryl methyl sites for hydroxylation is 1. The first-order chi connectivity index (χ1) is 10.6. The van der Waals surface area contributed by atoms with Crippen molar-refractivity contribution in [1.82, 2.24) is 9.80 Å². The molecule has 0 saturated carbocycles. The molecule has 2 amide bonds. The van der Waals surface area contributed by atoms with E-state index in [1.807, 2.05) is 31.2 Å². The van der Waals surface area contributed by atoms with Crippen LogP contribution in [0.1, 0.15) is 18.9 Å². The van der Waals surface area contributed by atoms with Crippen molar-refractivity contribution in [3.05, 3.63) is 29.8 Å². The average Bonchev–Trinajstić information content (AvgIpc) is 2.83. The van der Waals surface area contributed by atoms with Crippen LogP contribution in [0.2, 0.25) is 0 Å². The molecule has 0 unspecified atom stereocenters.